The second-order valence-electron chi connectivity index (χ2n) is 4.21. The molecule has 0 aliphatic carbocycles. The summed E-state index contributed by atoms with van der Waals surface area (Å²) in [7, 11) is 3.31. The molecule has 0 atom stereocenters. The van der Waals surface area contributed by atoms with Crippen LogP contribution >= 0.6 is 23.1 Å². The summed E-state index contributed by atoms with van der Waals surface area (Å²) in [6.45, 7) is 0. The monoisotopic (exact) mass is 309 g/mol. The number of fused-ring (bicyclic) bond motifs is 3. The van der Waals surface area contributed by atoms with Gasteiger partial charge < -0.3 is 9.47 Å². The second-order valence-corrected chi connectivity index (χ2v) is 6.28. The number of rotatable bonds is 6. The molecule has 106 valence electrons. The summed E-state index contributed by atoms with van der Waals surface area (Å²) in [5, 5.41) is 9.42. The zero-order valence-corrected chi connectivity index (χ0v) is 12.9. The van der Waals surface area contributed by atoms with Crippen molar-refractivity contribution in [2.75, 3.05) is 20.0 Å². The van der Waals surface area contributed by atoms with Gasteiger partial charge in [0.1, 0.15) is 0 Å². The highest BCUT2D eigenvalue weighted by Gasteiger charge is 2.13. The number of ether oxygens (including phenoxy) is 2. The van der Waals surface area contributed by atoms with Gasteiger partial charge >= 0.3 is 0 Å². The summed E-state index contributed by atoms with van der Waals surface area (Å²) in [6, 6.07) is 8.28. The number of thiazole rings is 1. The number of nitrogens with zero attached hydrogens (tertiary/aromatic N) is 3. The van der Waals surface area contributed by atoms with Crippen LogP contribution in [0.15, 0.2) is 29.4 Å². The van der Waals surface area contributed by atoms with Crippen LogP contribution in [-0.2, 0) is 9.47 Å². The molecular weight excluding hydrogens is 294 g/mol. The number of aromatic nitrogens is 3. The molecular formula is C13H15N3O2S2. The summed E-state index contributed by atoms with van der Waals surface area (Å²) >= 11 is 3.33. The van der Waals surface area contributed by atoms with Gasteiger partial charge in [-0.2, -0.15) is 0 Å². The van der Waals surface area contributed by atoms with Crippen molar-refractivity contribution < 1.29 is 9.47 Å². The molecule has 0 fully saturated rings. The predicted octanol–water partition coefficient (Wildman–Crippen LogP) is 3.05. The van der Waals surface area contributed by atoms with Crippen LogP contribution in [0.1, 0.15) is 6.42 Å². The smallest absolute Gasteiger partial charge is 0.217 e. The summed E-state index contributed by atoms with van der Waals surface area (Å²) in [6.07, 6.45) is 0.652. The molecule has 20 heavy (non-hydrogen) atoms. The number of hydrogen-bond acceptors (Lipinski definition) is 6. The highest BCUT2D eigenvalue weighted by Crippen LogP contribution is 2.29. The molecule has 5 nitrogen and oxygen atoms in total. The molecule has 0 aliphatic heterocycles. The van der Waals surface area contributed by atoms with Crippen molar-refractivity contribution in [2.45, 2.75) is 17.9 Å². The van der Waals surface area contributed by atoms with Crippen LogP contribution in [0.25, 0.3) is 15.2 Å². The van der Waals surface area contributed by atoms with Crippen molar-refractivity contribution in [3.63, 3.8) is 0 Å². The van der Waals surface area contributed by atoms with Crippen LogP contribution < -0.4 is 0 Å². The number of hydrogen-bond donors (Lipinski definition) is 0. The molecule has 7 heteroatoms. The van der Waals surface area contributed by atoms with Crippen LogP contribution in [0.2, 0.25) is 0 Å². The lowest BCUT2D eigenvalue weighted by Crippen LogP contribution is -2.13. The van der Waals surface area contributed by atoms with Gasteiger partial charge in [-0.15, -0.1) is 10.2 Å². The second kappa shape index (κ2) is 6.09. The van der Waals surface area contributed by atoms with E-state index >= 15 is 0 Å². The fourth-order valence-electron chi connectivity index (χ4n) is 2.03. The topological polar surface area (TPSA) is 48.7 Å². The first-order chi connectivity index (χ1) is 9.83. The largest absolute Gasteiger partial charge is 0.356 e. The van der Waals surface area contributed by atoms with Crippen molar-refractivity contribution >= 4 is 38.3 Å². The number of thioether (sulfide) groups is 1. The van der Waals surface area contributed by atoms with Crippen molar-refractivity contribution in [1.29, 1.82) is 0 Å². The molecule has 0 bridgehead atoms. The lowest BCUT2D eigenvalue weighted by molar-refractivity contribution is -0.102. The predicted molar refractivity (Wildman–Crippen MR) is 81.5 cm³/mol. The van der Waals surface area contributed by atoms with E-state index in [0.29, 0.717) is 0 Å². The molecule has 0 amide bonds. The van der Waals surface area contributed by atoms with E-state index in [2.05, 4.69) is 26.7 Å². The Hall–Kier alpha value is -1.15. The minimum absolute atomic E-state index is 0.162. The lowest BCUT2D eigenvalue weighted by Gasteiger charge is -2.11. The maximum Gasteiger partial charge on any atom is 0.217 e. The lowest BCUT2D eigenvalue weighted by atomic mass is 10.3. The number of para-hydroxylation sites is 1. The number of benzene rings is 1. The van der Waals surface area contributed by atoms with E-state index in [-0.39, 0.29) is 6.29 Å². The Morgan fingerprint density at radius 2 is 2.05 bits per heavy atom. The zero-order chi connectivity index (χ0) is 13.9. The minimum Gasteiger partial charge on any atom is -0.356 e. The molecule has 0 saturated carbocycles. The molecule has 3 rings (SSSR count). The normalized spacial score (nSPS) is 11.9. The molecule has 1 aromatic carbocycles. The molecule has 3 aromatic rings. The summed E-state index contributed by atoms with van der Waals surface area (Å²) in [5.41, 5.74) is 1.16. The van der Waals surface area contributed by atoms with Crippen molar-refractivity contribution in [1.82, 2.24) is 14.6 Å². The third-order valence-corrected chi connectivity index (χ3v) is 5.00. The van der Waals surface area contributed by atoms with Crippen LogP contribution in [-0.4, -0.2) is 40.9 Å². The average Bonchev–Trinajstić information content (AvgIpc) is 3.03. The van der Waals surface area contributed by atoms with Gasteiger partial charge in [0.25, 0.3) is 0 Å². The Kier molecular flexibility index (Phi) is 4.21. The van der Waals surface area contributed by atoms with Gasteiger partial charge in [0, 0.05) is 26.4 Å². The number of methoxy groups -OCH3 is 2. The van der Waals surface area contributed by atoms with E-state index in [4.69, 9.17) is 9.47 Å². The molecule has 2 heterocycles. The Morgan fingerprint density at radius 3 is 2.85 bits per heavy atom. The van der Waals surface area contributed by atoms with Crippen LogP contribution in [0.3, 0.4) is 0 Å². The quantitative estimate of drug-likeness (QED) is 0.517. The maximum absolute atomic E-state index is 5.19. The van der Waals surface area contributed by atoms with Crippen LogP contribution in [0.5, 0.6) is 0 Å². The van der Waals surface area contributed by atoms with E-state index in [9.17, 15) is 0 Å². The maximum atomic E-state index is 5.19. The van der Waals surface area contributed by atoms with E-state index in [1.54, 1.807) is 37.3 Å². The SMILES string of the molecule is COC(CCSc1nnc2sc3ccccc3n12)OC. The Morgan fingerprint density at radius 1 is 1.25 bits per heavy atom. The van der Waals surface area contributed by atoms with Gasteiger partial charge in [-0.25, -0.2) is 0 Å². The third kappa shape index (κ3) is 2.54. The van der Waals surface area contributed by atoms with Gasteiger partial charge in [0.05, 0.1) is 10.2 Å². The van der Waals surface area contributed by atoms with Crippen LogP contribution in [0.4, 0.5) is 0 Å². The van der Waals surface area contributed by atoms with Gasteiger partial charge in [-0.05, 0) is 12.1 Å². The highest BCUT2D eigenvalue weighted by molar-refractivity contribution is 7.99. The fourth-order valence-corrected chi connectivity index (χ4v) is 3.96. The Labute approximate surface area is 124 Å². The van der Waals surface area contributed by atoms with Crippen molar-refractivity contribution in [3.8, 4) is 0 Å². The van der Waals surface area contributed by atoms with Gasteiger partial charge in [-0.1, -0.05) is 35.2 Å². The summed E-state index contributed by atoms with van der Waals surface area (Å²) < 4.78 is 13.7. The molecule has 0 aliphatic rings. The Balaban J connectivity index is 1.81. The van der Waals surface area contributed by atoms with E-state index in [0.717, 1.165) is 27.8 Å². The first kappa shape index (κ1) is 13.8. The van der Waals surface area contributed by atoms with E-state index in [1.807, 2.05) is 12.1 Å². The van der Waals surface area contributed by atoms with E-state index < -0.39 is 0 Å². The average molecular weight is 309 g/mol. The standard InChI is InChI=1S/C13H15N3O2S2/c1-17-11(18-2)7-8-19-12-14-15-13-16(12)9-5-3-4-6-10(9)20-13/h3-6,11H,7-8H2,1-2H3. The first-order valence-electron chi connectivity index (χ1n) is 6.24. The molecule has 0 N–H and O–H groups in total. The molecule has 0 saturated heterocycles. The van der Waals surface area contributed by atoms with Crippen LogP contribution in [0, 0.1) is 0 Å². The molecule has 0 unspecified atom stereocenters. The molecule has 0 radical (unpaired) electrons. The van der Waals surface area contributed by atoms with Gasteiger partial charge in [-0.3, -0.25) is 4.40 Å². The van der Waals surface area contributed by atoms with Crippen molar-refractivity contribution in [2.24, 2.45) is 0 Å². The van der Waals surface area contributed by atoms with Gasteiger partial charge in [0.2, 0.25) is 4.96 Å². The molecule has 2 aromatic heterocycles. The van der Waals surface area contributed by atoms with Crippen molar-refractivity contribution in [3.05, 3.63) is 24.3 Å². The molecule has 0 spiro atoms. The Bertz CT molecular complexity index is 706. The minimum atomic E-state index is -0.162. The zero-order valence-electron chi connectivity index (χ0n) is 11.3. The fraction of sp³-hybridized carbons (Fsp3) is 0.385. The summed E-state index contributed by atoms with van der Waals surface area (Å²) in [5.74, 6) is 0.872. The van der Waals surface area contributed by atoms with Gasteiger partial charge in [0.15, 0.2) is 11.4 Å². The first-order valence-corrected chi connectivity index (χ1v) is 8.04. The van der Waals surface area contributed by atoms with E-state index in [1.165, 1.54) is 4.70 Å². The third-order valence-electron chi connectivity index (χ3n) is 3.02. The summed E-state index contributed by atoms with van der Waals surface area (Å²) in [4.78, 5) is 0.934. The highest BCUT2D eigenvalue weighted by atomic mass is 32.2.